The van der Waals surface area contributed by atoms with E-state index in [2.05, 4.69) is 9.97 Å². The van der Waals surface area contributed by atoms with Crippen molar-refractivity contribution in [1.82, 2.24) is 9.97 Å². The molecule has 0 aliphatic rings. The average molecular weight is 269 g/mol. The first-order valence-electron chi connectivity index (χ1n) is 4.25. The number of nitrogens with one attached hydrogen (secondary N) is 1. The number of nitro groups is 1. The number of alkyl halides is 2. The summed E-state index contributed by atoms with van der Waals surface area (Å²) in [6.07, 6.45) is 0.800. The Morgan fingerprint density at radius 3 is 2.82 bits per heavy atom. The van der Waals surface area contributed by atoms with Crippen LogP contribution in [-0.4, -0.2) is 39.1 Å². The number of aliphatic hydroxyl groups is 1. The molecule has 17 heavy (non-hydrogen) atoms. The van der Waals surface area contributed by atoms with E-state index in [0.29, 0.717) is 0 Å². The quantitative estimate of drug-likeness (QED) is 0.471. The largest absolute Gasteiger partial charge is 0.390 e. The van der Waals surface area contributed by atoms with Crippen LogP contribution in [0.25, 0.3) is 0 Å². The molecule has 0 amide bonds. The Morgan fingerprint density at radius 2 is 2.29 bits per heavy atom. The minimum atomic E-state index is -3.41. The van der Waals surface area contributed by atoms with Crippen LogP contribution < -0.4 is 5.32 Å². The Hall–Kier alpha value is -1.61. The summed E-state index contributed by atoms with van der Waals surface area (Å²) in [4.78, 5) is 16.5. The second-order valence-corrected chi connectivity index (χ2v) is 3.34. The van der Waals surface area contributed by atoms with Gasteiger partial charge in [-0.1, -0.05) is 0 Å². The van der Waals surface area contributed by atoms with E-state index >= 15 is 0 Å². The van der Waals surface area contributed by atoms with E-state index < -0.39 is 35.5 Å². The van der Waals surface area contributed by atoms with E-state index in [1.807, 2.05) is 5.32 Å². The number of rotatable bonds is 5. The van der Waals surface area contributed by atoms with Crippen molar-refractivity contribution in [1.29, 1.82) is 0 Å². The molecule has 0 aliphatic carbocycles. The molecule has 7 nitrogen and oxygen atoms in total. The summed E-state index contributed by atoms with van der Waals surface area (Å²) in [7, 11) is 0. The first kappa shape index (κ1) is 13.5. The maximum Gasteiger partial charge on any atom is 0.329 e. The zero-order chi connectivity index (χ0) is 13.1. The summed E-state index contributed by atoms with van der Waals surface area (Å²) in [6, 6.07) is 0. The van der Waals surface area contributed by atoms with Gasteiger partial charge in [0, 0.05) is 0 Å². The van der Waals surface area contributed by atoms with E-state index in [9.17, 15) is 18.9 Å². The van der Waals surface area contributed by atoms with Crippen LogP contribution in [0.3, 0.4) is 0 Å². The molecule has 1 rings (SSSR count). The monoisotopic (exact) mass is 268 g/mol. The topological polar surface area (TPSA) is 101 Å². The Kier molecular flexibility index (Phi) is 4.07. The lowest BCUT2D eigenvalue weighted by Gasteiger charge is -2.14. The van der Waals surface area contributed by atoms with Crippen LogP contribution in [-0.2, 0) is 0 Å². The fraction of sp³-hybridized carbons (Fsp3) is 0.429. The summed E-state index contributed by atoms with van der Waals surface area (Å²) in [5.74, 6) is -3.84. The van der Waals surface area contributed by atoms with Crippen molar-refractivity contribution in [2.75, 3.05) is 18.5 Å². The van der Waals surface area contributed by atoms with Crippen molar-refractivity contribution in [2.24, 2.45) is 0 Å². The lowest BCUT2D eigenvalue weighted by atomic mass is 10.3. The SMILES string of the molecule is O=[N+]([O-])c1cnc(Cl)nc1NCC(F)(F)CO. The Labute approximate surface area is 98.6 Å². The van der Waals surface area contributed by atoms with Crippen molar-refractivity contribution >= 4 is 23.1 Å². The number of aliphatic hydroxyl groups excluding tert-OH is 1. The van der Waals surface area contributed by atoms with Crippen LogP contribution >= 0.6 is 11.6 Å². The normalized spacial score (nSPS) is 11.3. The van der Waals surface area contributed by atoms with Crippen molar-refractivity contribution in [2.45, 2.75) is 5.92 Å². The number of anilines is 1. The van der Waals surface area contributed by atoms with Gasteiger partial charge in [0.2, 0.25) is 11.1 Å². The number of halogens is 3. The van der Waals surface area contributed by atoms with Gasteiger partial charge in [-0.25, -0.2) is 13.8 Å². The third-order valence-electron chi connectivity index (χ3n) is 1.68. The lowest BCUT2D eigenvalue weighted by molar-refractivity contribution is -0.384. The zero-order valence-electron chi connectivity index (χ0n) is 8.23. The second kappa shape index (κ2) is 5.15. The van der Waals surface area contributed by atoms with Gasteiger partial charge >= 0.3 is 5.69 Å². The lowest BCUT2D eigenvalue weighted by Crippen LogP contribution is -2.31. The Balaban J connectivity index is 2.89. The van der Waals surface area contributed by atoms with E-state index in [4.69, 9.17) is 16.7 Å². The van der Waals surface area contributed by atoms with Crippen LogP contribution in [0, 0.1) is 10.1 Å². The molecular formula is C7H7ClF2N4O3. The predicted molar refractivity (Wildman–Crippen MR) is 54.2 cm³/mol. The molecule has 94 valence electrons. The smallest absolute Gasteiger partial charge is 0.329 e. The number of hydrogen-bond acceptors (Lipinski definition) is 6. The molecule has 0 radical (unpaired) electrons. The summed E-state index contributed by atoms with van der Waals surface area (Å²) in [5, 5.41) is 20.6. The fourth-order valence-corrected chi connectivity index (χ4v) is 1.02. The fourth-order valence-electron chi connectivity index (χ4n) is 0.887. The van der Waals surface area contributed by atoms with Crippen LogP contribution in [0.2, 0.25) is 5.28 Å². The first-order valence-corrected chi connectivity index (χ1v) is 4.63. The molecule has 0 unspecified atom stereocenters. The highest BCUT2D eigenvalue weighted by Gasteiger charge is 2.29. The summed E-state index contributed by atoms with van der Waals surface area (Å²) >= 11 is 5.38. The third-order valence-corrected chi connectivity index (χ3v) is 1.86. The molecule has 0 spiro atoms. The zero-order valence-corrected chi connectivity index (χ0v) is 8.99. The van der Waals surface area contributed by atoms with E-state index in [-0.39, 0.29) is 5.28 Å². The molecule has 10 heteroatoms. The van der Waals surface area contributed by atoms with Gasteiger partial charge in [0.15, 0.2) is 0 Å². The average Bonchev–Trinajstić information content (AvgIpc) is 2.26. The summed E-state index contributed by atoms with van der Waals surface area (Å²) < 4.78 is 25.4. The maximum atomic E-state index is 12.7. The van der Waals surface area contributed by atoms with Gasteiger partial charge in [0.05, 0.1) is 11.5 Å². The maximum absolute atomic E-state index is 12.7. The molecule has 0 saturated heterocycles. The molecule has 2 N–H and O–H groups in total. The van der Waals surface area contributed by atoms with Crippen LogP contribution in [0.1, 0.15) is 0 Å². The first-order chi connectivity index (χ1) is 7.85. The number of aromatic nitrogens is 2. The Morgan fingerprint density at radius 1 is 1.65 bits per heavy atom. The molecule has 0 saturated carbocycles. The van der Waals surface area contributed by atoms with Gasteiger partial charge in [-0.05, 0) is 11.6 Å². The summed E-state index contributed by atoms with van der Waals surface area (Å²) in [6.45, 7) is -2.38. The summed E-state index contributed by atoms with van der Waals surface area (Å²) in [5.41, 5.74) is -0.580. The highest BCUT2D eigenvalue weighted by atomic mass is 35.5. The third kappa shape index (κ3) is 3.71. The molecule has 1 heterocycles. The van der Waals surface area contributed by atoms with Gasteiger partial charge in [-0.3, -0.25) is 10.1 Å². The predicted octanol–water partition coefficient (Wildman–Crippen LogP) is 1.08. The molecule has 1 aromatic heterocycles. The van der Waals surface area contributed by atoms with E-state index in [1.165, 1.54) is 0 Å². The van der Waals surface area contributed by atoms with Gasteiger partial charge in [0.25, 0.3) is 5.92 Å². The van der Waals surface area contributed by atoms with Crippen molar-refractivity contribution in [3.8, 4) is 0 Å². The number of hydrogen-bond donors (Lipinski definition) is 2. The second-order valence-electron chi connectivity index (χ2n) is 3.00. The highest BCUT2D eigenvalue weighted by Crippen LogP contribution is 2.23. The molecule has 0 aromatic carbocycles. The van der Waals surface area contributed by atoms with Gasteiger partial charge in [0.1, 0.15) is 12.8 Å². The molecule has 1 aromatic rings. The minimum Gasteiger partial charge on any atom is -0.390 e. The molecule has 0 atom stereocenters. The van der Waals surface area contributed by atoms with Crippen molar-refractivity contribution in [3.63, 3.8) is 0 Å². The van der Waals surface area contributed by atoms with Gasteiger partial charge in [-0.15, -0.1) is 0 Å². The van der Waals surface area contributed by atoms with Crippen molar-refractivity contribution < 1.29 is 18.8 Å². The van der Waals surface area contributed by atoms with Crippen LogP contribution in [0.15, 0.2) is 6.20 Å². The van der Waals surface area contributed by atoms with E-state index in [1.54, 1.807) is 0 Å². The Bertz CT molecular complexity index is 432. The molecule has 0 aliphatic heterocycles. The minimum absolute atomic E-state index is 0.314. The molecular weight excluding hydrogens is 262 g/mol. The number of nitrogens with zero attached hydrogens (tertiary/aromatic N) is 3. The van der Waals surface area contributed by atoms with Crippen molar-refractivity contribution in [3.05, 3.63) is 21.6 Å². The molecule has 0 bridgehead atoms. The standard InChI is InChI=1S/C7H7ClF2N4O3/c8-6-11-1-4(14(16)17)5(13-6)12-2-7(9,10)3-15/h1,15H,2-3H2,(H,11,12,13). The van der Waals surface area contributed by atoms with Crippen LogP contribution in [0.5, 0.6) is 0 Å². The highest BCUT2D eigenvalue weighted by molar-refractivity contribution is 6.28. The van der Waals surface area contributed by atoms with Gasteiger partial charge in [-0.2, -0.15) is 4.98 Å². The van der Waals surface area contributed by atoms with Gasteiger partial charge < -0.3 is 10.4 Å². The van der Waals surface area contributed by atoms with Crippen LogP contribution in [0.4, 0.5) is 20.3 Å². The van der Waals surface area contributed by atoms with E-state index in [0.717, 1.165) is 6.20 Å². The molecule has 0 fully saturated rings.